The van der Waals surface area contributed by atoms with Crippen LogP contribution in [0.25, 0.3) is 0 Å². The van der Waals surface area contributed by atoms with Crippen LogP contribution in [0.15, 0.2) is 18.3 Å². The van der Waals surface area contributed by atoms with E-state index in [0.717, 1.165) is 49.8 Å². The monoisotopic (exact) mass is 321 g/mol. The lowest BCUT2D eigenvalue weighted by Gasteiger charge is -2.05. The fourth-order valence-electron chi connectivity index (χ4n) is 2.20. The maximum Gasteiger partial charge on any atom is 0.389 e. The Kier molecular flexibility index (Phi) is 8.74. The fraction of sp³-hybridized carbons (Fsp3) is 0.688. The van der Waals surface area contributed by atoms with Gasteiger partial charge in [0.15, 0.2) is 0 Å². The highest BCUT2D eigenvalue weighted by atomic mass is 35.5. The molecule has 1 aromatic rings. The van der Waals surface area contributed by atoms with Crippen LogP contribution in [0.2, 0.25) is 0 Å². The van der Waals surface area contributed by atoms with E-state index in [-0.39, 0.29) is 6.42 Å². The molecule has 1 aromatic heterocycles. The molecule has 0 saturated heterocycles. The van der Waals surface area contributed by atoms with E-state index in [9.17, 15) is 13.2 Å². The van der Waals surface area contributed by atoms with E-state index >= 15 is 0 Å². The third-order valence-electron chi connectivity index (χ3n) is 3.43. The van der Waals surface area contributed by atoms with Crippen LogP contribution in [0.1, 0.15) is 62.6 Å². The second kappa shape index (κ2) is 10.0. The van der Waals surface area contributed by atoms with Crippen molar-refractivity contribution in [1.82, 2.24) is 4.98 Å². The first-order valence-corrected chi connectivity index (χ1v) is 8.11. The molecule has 0 aliphatic carbocycles. The van der Waals surface area contributed by atoms with Gasteiger partial charge >= 0.3 is 6.18 Å². The summed E-state index contributed by atoms with van der Waals surface area (Å²) in [6.45, 7) is 0. The van der Waals surface area contributed by atoms with Crippen LogP contribution in [-0.4, -0.2) is 11.2 Å². The van der Waals surface area contributed by atoms with Gasteiger partial charge in [0, 0.05) is 24.2 Å². The van der Waals surface area contributed by atoms with Crippen molar-refractivity contribution in [3.63, 3.8) is 0 Å². The van der Waals surface area contributed by atoms with Crippen molar-refractivity contribution in [3.8, 4) is 0 Å². The van der Waals surface area contributed by atoms with Crippen molar-refractivity contribution in [2.75, 3.05) is 0 Å². The Morgan fingerprint density at radius 3 is 2.05 bits per heavy atom. The van der Waals surface area contributed by atoms with Crippen LogP contribution in [-0.2, 0) is 12.3 Å². The van der Waals surface area contributed by atoms with Gasteiger partial charge in [0.2, 0.25) is 0 Å². The molecule has 1 rings (SSSR count). The molecule has 0 N–H and O–H groups in total. The molecule has 1 nitrogen and oxygen atoms in total. The van der Waals surface area contributed by atoms with Crippen molar-refractivity contribution in [2.45, 2.75) is 69.8 Å². The lowest BCUT2D eigenvalue weighted by Crippen LogP contribution is -2.06. The number of halogens is 4. The molecular weight excluding hydrogens is 299 g/mol. The summed E-state index contributed by atoms with van der Waals surface area (Å²) in [4.78, 5) is 4.34. The predicted molar refractivity (Wildman–Crippen MR) is 80.5 cm³/mol. The Labute approximate surface area is 129 Å². The van der Waals surface area contributed by atoms with E-state index in [1.165, 1.54) is 0 Å². The molecule has 0 spiro atoms. The first-order valence-electron chi connectivity index (χ1n) is 7.58. The van der Waals surface area contributed by atoms with Crippen molar-refractivity contribution in [1.29, 1.82) is 0 Å². The lowest BCUT2D eigenvalue weighted by molar-refractivity contribution is -0.135. The minimum Gasteiger partial charge on any atom is -0.261 e. The van der Waals surface area contributed by atoms with Crippen molar-refractivity contribution in [2.24, 2.45) is 0 Å². The summed E-state index contributed by atoms with van der Waals surface area (Å²) in [5, 5.41) is 0. The van der Waals surface area contributed by atoms with Gasteiger partial charge < -0.3 is 0 Å². The van der Waals surface area contributed by atoms with Crippen LogP contribution >= 0.6 is 11.6 Å². The number of aromatic nitrogens is 1. The number of hydrogen-bond acceptors (Lipinski definition) is 1. The van der Waals surface area contributed by atoms with Crippen LogP contribution < -0.4 is 0 Å². The van der Waals surface area contributed by atoms with Gasteiger partial charge in [0.05, 0.1) is 0 Å². The summed E-state index contributed by atoms with van der Waals surface area (Å²) in [6.07, 6.45) is 4.28. The molecule has 0 aromatic carbocycles. The summed E-state index contributed by atoms with van der Waals surface area (Å²) in [5.41, 5.74) is 2.10. The minimum atomic E-state index is -3.99. The summed E-state index contributed by atoms with van der Waals surface area (Å²) >= 11 is 5.70. The second-order valence-corrected chi connectivity index (χ2v) is 5.65. The Balaban J connectivity index is 1.94. The zero-order chi connectivity index (χ0) is 15.6. The smallest absolute Gasteiger partial charge is 0.261 e. The van der Waals surface area contributed by atoms with Gasteiger partial charge in [-0.15, -0.1) is 11.6 Å². The number of nitrogens with zero attached hydrogens (tertiary/aromatic N) is 1. The van der Waals surface area contributed by atoms with Crippen LogP contribution in [0.3, 0.4) is 0 Å². The Hall–Kier alpha value is -0.770. The van der Waals surface area contributed by atoms with E-state index in [4.69, 9.17) is 11.6 Å². The maximum absolute atomic E-state index is 11.9. The van der Waals surface area contributed by atoms with Gasteiger partial charge in [-0.05, 0) is 30.9 Å². The molecule has 120 valence electrons. The van der Waals surface area contributed by atoms with Crippen molar-refractivity contribution in [3.05, 3.63) is 29.6 Å². The third kappa shape index (κ3) is 9.72. The quantitative estimate of drug-likeness (QED) is 0.378. The first kappa shape index (κ1) is 18.3. The number of alkyl halides is 4. The van der Waals surface area contributed by atoms with Gasteiger partial charge in [-0.25, -0.2) is 0 Å². The van der Waals surface area contributed by atoms with Crippen molar-refractivity contribution >= 4 is 11.6 Å². The van der Waals surface area contributed by atoms with Crippen molar-refractivity contribution < 1.29 is 13.2 Å². The number of pyridine rings is 1. The number of hydrogen-bond donors (Lipinski definition) is 0. The summed E-state index contributed by atoms with van der Waals surface area (Å²) in [5.74, 6) is 0.488. The number of aryl methyl sites for hydroxylation is 1. The van der Waals surface area contributed by atoms with Crippen LogP contribution in [0.4, 0.5) is 13.2 Å². The van der Waals surface area contributed by atoms with Gasteiger partial charge in [0.1, 0.15) is 0 Å². The zero-order valence-electron chi connectivity index (χ0n) is 12.3. The minimum absolute atomic E-state index is 0.264. The van der Waals surface area contributed by atoms with E-state index < -0.39 is 12.6 Å². The molecule has 21 heavy (non-hydrogen) atoms. The third-order valence-corrected chi connectivity index (χ3v) is 3.74. The second-order valence-electron chi connectivity index (χ2n) is 5.38. The van der Waals surface area contributed by atoms with Gasteiger partial charge in [-0.3, -0.25) is 4.98 Å². The van der Waals surface area contributed by atoms with Gasteiger partial charge in [0.25, 0.3) is 0 Å². The average Bonchev–Trinajstić information content (AvgIpc) is 2.45. The molecule has 0 radical (unpaired) electrons. The lowest BCUT2D eigenvalue weighted by atomic mass is 10.1. The molecule has 0 aliphatic heterocycles. The average molecular weight is 322 g/mol. The molecule has 0 bridgehead atoms. The predicted octanol–water partition coefficient (Wildman–Crippen LogP) is 6.05. The summed E-state index contributed by atoms with van der Waals surface area (Å²) < 4.78 is 35.8. The Bertz CT molecular complexity index is 376. The van der Waals surface area contributed by atoms with Crippen LogP contribution in [0.5, 0.6) is 0 Å². The molecular formula is C16H23ClF3N. The highest BCUT2D eigenvalue weighted by Crippen LogP contribution is 2.23. The molecule has 0 amide bonds. The highest BCUT2D eigenvalue weighted by Gasteiger charge is 2.25. The maximum atomic E-state index is 11.9. The number of rotatable bonds is 10. The normalized spacial score (nSPS) is 11.8. The molecule has 1 heterocycles. The largest absolute Gasteiger partial charge is 0.389 e. The van der Waals surface area contributed by atoms with E-state index in [2.05, 4.69) is 4.98 Å². The standard InChI is InChI=1S/C16H23ClF3N/c17-12-14-9-10-15(21-13-14)8-6-4-2-1-3-5-7-11-16(18,19)20/h9-10,13H,1-8,11-12H2. The molecule has 0 atom stereocenters. The highest BCUT2D eigenvalue weighted by molar-refractivity contribution is 6.17. The van der Waals surface area contributed by atoms with E-state index in [1.807, 2.05) is 18.3 Å². The first-order chi connectivity index (χ1) is 10.0. The molecule has 0 saturated carbocycles. The van der Waals surface area contributed by atoms with Crippen LogP contribution in [0, 0.1) is 0 Å². The fourth-order valence-corrected chi connectivity index (χ4v) is 2.36. The Morgan fingerprint density at radius 2 is 1.52 bits per heavy atom. The van der Waals surface area contributed by atoms with Gasteiger partial charge in [-0.1, -0.05) is 38.2 Å². The van der Waals surface area contributed by atoms with Gasteiger partial charge in [-0.2, -0.15) is 13.2 Å². The molecule has 5 heteroatoms. The zero-order valence-corrected chi connectivity index (χ0v) is 13.0. The SMILES string of the molecule is FC(F)(F)CCCCCCCCCc1ccc(CCl)cn1. The molecule has 0 unspecified atom stereocenters. The molecule has 0 fully saturated rings. The molecule has 0 aliphatic rings. The Morgan fingerprint density at radius 1 is 0.905 bits per heavy atom. The summed E-state index contributed by atoms with van der Waals surface area (Å²) in [6, 6.07) is 4.00. The number of unbranched alkanes of at least 4 members (excludes halogenated alkanes) is 6. The summed E-state index contributed by atoms with van der Waals surface area (Å²) in [7, 11) is 0. The van der Waals surface area contributed by atoms with E-state index in [1.54, 1.807) is 0 Å². The topological polar surface area (TPSA) is 12.9 Å². The van der Waals surface area contributed by atoms with E-state index in [0.29, 0.717) is 12.3 Å².